The van der Waals surface area contributed by atoms with Crippen LogP contribution in [-0.4, -0.2) is 28.7 Å². The van der Waals surface area contributed by atoms with Crippen LogP contribution in [0.4, 0.5) is 5.69 Å². The Morgan fingerprint density at radius 3 is 2.30 bits per heavy atom. The Labute approximate surface area is 138 Å². The van der Waals surface area contributed by atoms with Gasteiger partial charge in [-0.25, -0.2) is 0 Å². The summed E-state index contributed by atoms with van der Waals surface area (Å²) in [7, 11) is 0. The lowest BCUT2D eigenvalue weighted by Crippen LogP contribution is -2.48. The molecule has 0 bridgehead atoms. The van der Waals surface area contributed by atoms with E-state index in [9.17, 15) is 4.79 Å². The van der Waals surface area contributed by atoms with E-state index in [4.69, 9.17) is 0 Å². The summed E-state index contributed by atoms with van der Waals surface area (Å²) < 4.78 is 2.09. The van der Waals surface area contributed by atoms with Gasteiger partial charge in [-0.1, -0.05) is 27.7 Å². The van der Waals surface area contributed by atoms with Crippen LogP contribution < -0.4 is 4.90 Å². The number of nitrogens with zero attached hydrogens (tertiary/aromatic N) is 3. The van der Waals surface area contributed by atoms with Gasteiger partial charge in [-0.2, -0.15) is 5.10 Å². The molecule has 1 saturated heterocycles. The normalized spacial score (nSPS) is 15.3. The van der Waals surface area contributed by atoms with Crippen LogP contribution in [0.3, 0.4) is 0 Å². The number of hydrogen-bond acceptors (Lipinski definition) is 3. The van der Waals surface area contributed by atoms with E-state index >= 15 is 0 Å². The van der Waals surface area contributed by atoms with Crippen LogP contribution in [0, 0.1) is 5.92 Å². The van der Waals surface area contributed by atoms with Crippen LogP contribution in [-0.2, 0) is 0 Å². The van der Waals surface area contributed by atoms with Gasteiger partial charge < -0.3 is 4.90 Å². The molecule has 1 aromatic heterocycles. The molecule has 0 radical (unpaired) electrons. The van der Waals surface area contributed by atoms with Crippen LogP contribution in [0.5, 0.6) is 0 Å². The minimum Gasteiger partial charge on any atom is -0.367 e. The average molecular weight is 311 g/mol. The van der Waals surface area contributed by atoms with Gasteiger partial charge in [0.05, 0.1) is 12.2 Å². The zero-order valence-corrected chi connectivity index (χ0v) is 14.4. The standard InChI is InChI=1S/C19H25N3O/c1-13(2)16-9-20-22(10-16)18-11-21(12-18)17-7-5-15(6-8-17)19(23)14(3)4/h5-10,13-14,18H,11-12H2,1-4H3. The van der Waals surface area contributed by atoms with E-state index in [-0.39, 0.29) is 11.7 Å². The summed E-state index contributed by atoms with van der Waals surface area (Å²) in [6, 6.07) is 8.42. The molecule has 1 fully saturated rings. The van der Waals surface area contributed by atoms with Gasteiger partial charge in [-0.15, -0.1) is 0 Å². The first-order valence-electron chi connectivity index (χ1n) is 8.39. The number of ketones is 1. The van der Waals surface area contributed by atoms with Gasteiger partial charge in [-0.3, -0.25) is 9.48 Å². The van der Waals surface area contributed by atoms with Crippen LogP contribution in [0.1, 0.15) is 55.6 Å². The number of carbonyl (C=O) groups excluding carboxylic acids is 1. The zero-order valence-electron chi connectivity index (χ0n) is 14.4. The summed E-state index contributed by atoms with van der Waals surface area (Å²) in [6.45, 7) is 10.2. The predicted molar refractivity (Wildman–Crippen MR) is 93.2 cm³/mol. The summed E-state index contributed by atoms with van der Waals surface area (Å²) in [5.41, 5.74) is 3.27. The molecule has 2 heterocycles. The maximum atomic E-state index is 12.0. The van der Waals surface area contributed by atoms with Crippen molar-refractivity contribution in [3.05, 3.63) is 47.8 Å². The summed E-state index contributed by atoms with van der Waals surface area (Å²) >= 11 is 0. The molecule has 4 nitrogen and oxygen atoms in total. The SMILES string of the molecule is CC(C)C(=O)c1ccc(N2CC(n3cc(C(C)C)cn3)C2)cc1. The van der Waals surface area contributed by atoms with Crippen LogP contribution in [0.25, 0.3) is 0 Å². The van der Waals surface area contributed by atoms with E-state index in [0.717, 1.165) is 18.7 Å². The van der Waals surface area contributed by atoms with Gasteiger partial charge in [0.2, 0.25) is 0 Å². The topological polar surface area (TPSA) is 38.1 Å². The lowest BCUT2D eigenvalue weighted by Gasteiger charge is -2.41. The van der Waals surface area contributed by atoms with Gasteiger partial charge in [0, 0.05) is 36.5 Å². The highest BCUT2D eigenvalue weighted by Gasteiger charge is 2.29. The van der Waals surface area contributed by atoms with Gasteiger partial charge in [0.1, 0.15) is 0 Å². The molecule has 1 aliphatic rings. The molecule has 0 saturated carbocycles. The Hall–Kier alpha value is -2.10. The van der Waals surface area contributed by atoms with Crippen molar-refractivity contribution in [1.29, 1.82) is 0 Å². The molecule has 122 valence electrons. The highest BCUT2D eigenvalue weighted by atomic mass is 16.1. The number of anilines is 1. The van der Waals surface area contributed by atoms with E-state index in [1.165, 1.54) is 11.3 Å². The lowest BCUT2D eigenvalue weighted by molar-refractivity contribution is 0.0939. The Balaban J connectivity index is 1.61. The van der Waals surface area contributed by atoms with Crippen LogP contribution in [0.15, 0.2) is 36.7 Å². The van der Waals surface area contributed by atoms with Crippen molar-refractivity contribution in [3.63, 3.8) is 0 Å². The molecule has 0 unspecified atom stereocenters. The van der Waals surface area contributed by atoms with E-state index < -0.39 is 0 Å². The summed E-state index contributed by atoms with van der Waals surface area (Å²) in [6.07, 6.45) is 4.14. The minimum absolute atomic E-state index is 0.0456. The molecule has 1 aliphatic heterocycles. The molecule has 2 aromatic rings. The number of carbonyl (C=O) groups is 1. The van der Waals surface area contributed by atoms with E-state index in [2.05, 4.69) is 46.9 Å². The van der Waals surface area contributed by atoms with E-state index in [1.807, 2.05) is 32.2 Å². The molecular weight excluding hydrogens is 286 g/mol. The molecule has 4 heteroatoms. The second-order valence-corrected chi connectivity index (χ2v) is 7.03. The van der Waals surface area contributed by atoms with Crippen molar-refractivity contribution in [3.8, 4) is 0 Å². The van der Waals surface area contributed by atoms with E-state index in [1.54, 1.807) is 0 Å². The minimum atomic E-state index is 0.0456. The maximum Gasteiger partial charge on any atom is 0.165 e. The fourth-order valence-electron chi connectivity index (χ4n) is 2.85. The molecule has 1 aromatic carbocycles. The second kappa shape index (κ2) is 6.19. The first kappa shape index (κ1) is 15.8. The van der Waals surface area contributed by atoms with Gasteiger partial charge in [0.25, 0.3) is 0 Å². The van der Waals surface area contributed by atoms with Crippen LogP contribution >= 0.6 is 0 Å². The summed E-state index contributed by atoms with van der Waals surface area (Å²) in [4.78, 5) is 14.3. The zero-order chi connectivity index (χ0) is 16.6. The third-order valence-electron chi connectivity index (χ3n) is 4.57. The Morgan fingerprint density at radius 2 is 1.78 bits per heavy atom. The van der Waals surface area contributed by atoms with Crippen molar-refractivity contribution in [2.75, 3.05) is 18.0 Å². The van der Waals surface area contributed by atoms with Crippen LogP contribution in [0.2, 0.25) is 0 Å². The van der Waals surface area contributed by atoms with Crippen molar-refractivity contribution in [1.82, 2.24) is 9.78 Å². The third kappa shape index (κ3) is 3.16. The third-order valence-corrected chi connectivity index (χ3v) is 4.57. The molecule has 0 atom stereocenters. The highest BCUT2D eigenvalue weighted by Crippen LogP contribution is 2.28. The van der Waals surface area contributed by atoms with Crippen molar-refractivity contribution >= 4 is 11.5 Å². The highest BCUT2D eigenvalue weighted by molar-refractivity contribution is 5.97. The number of hydrogen-bond donors (Lipinski definition) is 0. The molecule has 0 spiro atoms. The van der Waals surface area contributed by atoms with Crippen molar-refractivity contribution < 1.29 is 4.79 Å². The Morgan fingerprint density at radius 1 is 1.13 bits per heavy atom. The van der Waals surface area contributed by atoms with Gasteiger partial charge in [-0.05, 0) is 35.7 Å². The number of aromatic nitrogens is 2. The maximum absolute atomic E-state index is 12.0. The first-order chi connectivity index (χ1) is 11.0. The monoisotopic (exact) mass is 311 g/mol. The first-order valence-corrected chi connectivity index (χ1v) is 8.39. The summed E-state index contributed by atoms with van der Waals surface area (Å²) in [5.74, 6) is 0.769. The van der Waals surface area contributed by atoms with Gasteiger partial charge >= 0.3 is 0 Å². The van der Waals surface area contributed by atoms with Gasteiger partial charge in [0.15, 0.2) is 5.78 Å². The summed E-state index contributed by atoms with van der Waals surface area (Å²) in [5, 5.41) is 4.49. The molecule has 0 amide bonds. The lowest BCUT2D eigenvalue weighted by atomic mass is 10.00. The van der Waals surface area contributed by atoms with E-state index in [0.29, 0.717) is 12.0 Å². The van der Waals surface area contributed by atoms with Crippen molar-refractivity contribution in [2.24, 2.45) is 5.92 Å². The Bertz CT molecular complexity index is 679. The smallest absolute Gasteiger partial charge is 0.165 e. The Kier molecular flexibility index (Phi) is 4.24. The molecule has 0 aliphatic carbocycles. The fourth-order valence-corrected chi connectivity index (χ4v) is 2.85. The number of benzene rings is 1. The predicted octanol–water partition coefficient (Wildman–Crippen LogP) is 3.91. The van der Waals surface area contributed by atoms with Crippen molar-refractivity contribution in [2.45, 2.75) is 39.7 Å². The number of rotatable bonds is 5. The molecule has 23 heavy (non-hydrogen) atoms. The molecular formula is C19H25N3O. The average Bonchev–Trinajstić information content (AvgIpc) is 2.95. The number of Topliss-reactive ketones (excluding diaryl/α,β-unsaturated/α-hetero) is 1. The largest absolute Gasteiger partial charge is 0.367 e. The second-order valence-electron chi connectivity index (χ2n) is 7.03. The molecule has 3 rings (SSSR count). The fraction of sp³-hybridized carbons (Fsp3) is 0.474. The quantitative estimate of drug-likeness (QED) is 0.786. The molecule has 0 N–H and O–H groups in total.